The largest absolute Gasteiger partial charge is 0.508 e. The van der Waals surface area contributed by atoms with Gasteiger partial charge in [0.05, 0.1) is 10.9 Å². The molecule has 45 heavy (non-hydrogen) atoms. The third-order valence-electron chi connectivity index (χ3n) is 10.6. The van der Waals surface area contributed by atoms with Gasteiger partial charge in [0.25, 0.3) is 0 Å². The van der Waals surface area contributed by atoms with Gasteiger partial charge < -0.3 is 20.1 Å². The average Bonchev–Trinajstić information content (AvgIpc) is 3.73. The number of anilines is 1. The highest BCUT2D eigenvalue weighted by atomic mass is 19.1. The van der Waals surface area contributed by atoms with E-state index in [0.717, 1.165) is 67.8 Å². The first-order valence-corrected chi connectivity index (χ1v) is 16.3. The second kappa shape index (κ2) is 11.6. The van der Waals surface area contributed by atoms with Gasteiger partial charge in [0.2, 0.25) is 0 Å². The Morgan fingerprint density at radius 3 is 2.73 bits per heavy atom. The van der Waals surface area contributed by atoms with Crippen molar-refractivity contribution in [3.05, 3.63) is 47.9 Å². The van der Waals surface area contributed by atoms with Crippen LogP contribution in [-0.2, 0) is 6.42 Å². The first-order chi connectivity index (χ1) is 21.7. The number of likely N-dealkylation sites (N-methyl/N-ethyl adjacent to an activating group) is 1. The summed E-state index contributed by atoms with van der Waals surface area (Å²) in [7, 11) is 4.20. The predicted octanol–water partition coefficient (Wildman–Crippen LogP) is 6.49. The molecule has 4 heterocycles. The molecule has 8 nitrogen and oxygen atoms in total. The van der Waals surface area contributed by atoms with Crippen LogP contribution in [-0.4, -0.2) is 87.4 Å². The summed E-state index contributed by atoms with van der Waals surface area (Å²) >= 11 is 0. The molecule has 2 aliphatic heterocycles. The molecule has 0 amide bonds. The molecule has 1 aliphatic carbocycles. The van der Waals surface area contributed by atoms with Gasteiger partial charge in [-0.3, -0.25) is 9.88 Å². The number of phenolic OH excluding ortho intramolecular Hbond substituents is 1. The zero-order valence-corrected chi connectivity index (χ0v) is 26.4. The second-order valence-electron chi connectivity index (χ2n) is 13.4. The number of phenols is 1. The highest BCUT2D eigenvalue weighted by molar-refractivity contribution is 6.01. The van der Waals surface area contributed by atoms with Gasteiger partial charge in [0.15, 0.2) is 5.82 Å². The number of aryl methyl sites for hydroxylation is 1. The van der Waals surface area contributed by atoms with E-state index in [4.69, 9.17) is 9.72 Å². The van der Waals surface area contributed by atoms with Gasteiger partial charge in [-0.25, -0.2) is 8.78 Å². The standard InChI is InChI=1S/C35H42F2N6O2/c1-4-22-9-7-10-23-15-25(44)16-26(28(22)23)30-29(37)31-27(18-38-30)32(39-20-34(42(2)3)11-5-6-12-34)41-33(40-31)45-21-35-13-8-14-43(35)19-24(36)17-35/h7,9-10,15-16,18,24,44H,4-6,8,11-14,17,19-21H2,1-3H3,(H,39,40,41)/t24-,35+/m1/s1. The number of fused-ring (bicyclic) bond motifs is 3. The molecule has 2 N–H and O–H groups in total. The van der Waals surface area contributed by atoms with Crippen LogP contribution in [0.1, 0.15) is 57.4 Å². The van der Waals surface area contributed by atoms with E-state index in [9.17, 15) is 9.50 Å². The maximum Gasteiger partial charge on any atom is 0.319 e. The maximum atomic E-state index is 16.8. The normalized spacial score (nSPS) is 22.9. The lowest BCUT2D eigenvalue weighted by atomic mass is 9.95. The number of ether oxygens (including phenoxy) is 1. The molecule has 1 saturated carbocycles. The Kier molecular flexibility index (Phi) is 7.76. The van der Waals surface area contributed by atoms with Gasteiger partial charge >= 0.3 is 6.01 Å². The minimum Gasteiger partial charge on any atom is -0.508 e. The number of rotatable bonds is 9. The Bertz CT molecular complexity index is 1740. The topological polar surface area (TPSA) is 86.6 Å². The molecule has 0 radical (unpaired) electrons. The number of aromatic hydroxyl groups is 1. The fourth-order valence-corrected chi connectivity index (χ4v) is 8.11. The van der Waals surface area contributed by atoms with Gasteiger partial charge in [0.1, 0.15) is 35.6 Å². The molecule has 2 aromatic heterocycles. The second-order valence-corrected chi connectivity index (χ2v) is 13.4. The summed E-state index contributed by atoms with van der Waals surface area (Å²) < 4.78 is 37.5. The number of nitrogens with one attached hydrogen (secondary N) is 1. The maximum absolute atomic E-state index is 16.8. The van der Waals surface area contributed by atoms with Crippen molar-refractivity contribution in [2.75, 3.05) is 45.7 Å². The number of benzene rings is 2. The summed E-state index contributed by atoms with van der Waals surface area (Å²) in [6, 6.07) is 9.18. The number of hydrogen-bond donors (Lipinski definition) is 2. The average molecular weight is 617 g/mol. The van der Waals surface area contributed by atoms with Gasteiger partial charge in [-0.1, -0.05) is 38.0 Å². The molecule has 3 aliphatic rings. The van der Waals surface area contributed by atoms with Crippen molar-refractivity contribution in [1.29, 1.82) is 0 Å². The SMILES string of the molecule is CCc1cccc2cc(O)cc(-c3ncc4c(NCC5(N(C)C)CCCC5)nc(OC[C@@]56CCCN5C[C@H](F)C6)nc4c3F)c12. The van der Waals surface area contributed by atoms with Crippen LogP contribution in [0.2, 0.25) is 0 Å². The molecule has 2 saturated heterocycles. The molecule has 2 aromatic carbocycles. The molecule has 4 aromatic rings. The van der Waals surface area contributed by atoms with Crippen LogP contribution in [0.3, 0.4) is 0 Å². The van der Waals surface area contributed by atoms with E-state index in [1.165, 1.54) is 0 Å². The van der Waals surface area contributed by atoms with E-state index in [0.29, 0.717) is 36.3 Å². The third-order valence-corrected chi connectivity index (χ3v) is 10.6. The van der Waals surface area contributed by atoms with Crippen LogP contribution in [0, 0.1) is 5.82 Å². The highest BCUT2D eigenvalue weighted by Gasteiger charge is 2.49. The van der Waals surface area contributed by atoms with Gasteiger partial charge in [-0.2, -0.15) is 9.97 Å². The Morgan fingerprint density at radius 2 is 1.96 bits per heavy atom. The molecule has 0 spiro atoms. The van der Waals surface area contributed by atoms with Gasteiger partial charge in [-0.15, -0.1) is 0 Å². The molecule has 238 valence electrons. The van der Waals surface area contributed by atoms with E-state index in [1.54, 1.807) is 18.3 Å². The minimum atomic E-state index is -0.881. The lowest BCUT2D eigenvalue weighted by molar-refractivity contribution is 0.107. The Labute approximate surface area is 262 Å². The summed E-state index contributed by atoms with van der Waals surface area (Å²) in [6.45, 7) is 4.20. The Hall–Kier alpha value is -3.63. The van der Waals surface area contributed by atoms with Crippen molar-refractivity contribution >= 4 is 27.5 Å². The van der Waals surface area contributed by atoms with Gasteiger partial charge in [0, 0.05) is 36.8 Å². The van der Waals surface area contributed by atoms with E-state index in [1.807, 2.05) is 18.2 Å². The summed E-state index contributed by atoms with van der Waals surface area (Å²) in [5, 5.41) is 16.2. The zero-order chi connectivity index (χ0) is 31.3. The van der Waals surface area contributed by atoms with Crippen LogP contribution < -0.4 is 10.1 Å². The fraction of sp³-hybridized carbons (Fsp3) is 0.514. The van der Waals surface area contributed by atoms with E-state index in [-0.39, 0.29) is 40.7 Å². The van der Waals surface area contributed by atoms with Crippen LogP contribution in [0.4, 0.5) is 14.6 Å². The monoisotopic (exact) mass is 616 g/mol. The molecule has 0 unspecified atom stereocenters. The molecule has 0 bridgehead atoms. The van der Waals surface area contributed by atoms with E-state index < -0.39 is 12.0 Å². The summed E-state index contributed by atoms with van der Waals surface area (Å²) in [6.07, 6.45) is 8.17. The lowest BCUT2D eigenvalue weighted by Gasteiger charge is -2.36. The number of hydrogen-bond acceptors (Lipinski definition) is 8. The third kappa shape index (κ3) is 5.25. The first-order valence-electron chi connectivity index (χ1n) is 16.3. The fourth-order valence-electron chi connectivity index (χ4n) is 8.11. The van der Waals surface area contributed by atoms with Crippen molar-refractivity contribution in [3.63, 3.8) is 0 Å². The smallest absolute Gasteiger partial charge is 0.319 e. The number of alkyl halides is 1. The Morgan fingerprint density at radius 1 is 1.13 bits per heavy atom. The van der Waals surface area contributed by atoms with Crippen LogP contribution in [0.25, 0.3) is 32.9 Å². The number of pyridine rings is 1. The predicted molar refractivity (Wildman–Crippen MR) is 173 cm³/mol. The number of aromatic nitrogens is 3. The summed E-state index contributed by atoms with van der Waals surface area (Å²) in [5.74, 6) is -0.101. The van der Waals surface area contributed by atoms with Crippen molar-refractivity contribution < 1.29 is 18.6 Å². The number of nitrogens with zero attached hydrogens (tertiary/aromatic N) is 5. The zero-order valence-electron chi connectivity index (χ0n) is 26.4. The van der Waals surface area contributed by atoms with Crippen LogP contribution in [0.15, 0.2) is 36.5 Å². The summed E-state index contributed by atoms with van der Waals surface area (Å²) in [5.41, 5.74) is 1.33. The molecular formula is C35H42F2N6O2. The molecule has 3 fully saturated rings. The highest BCUT2D eigenvalue weighted by Crippen LogP contribution is 2.42. The van der Waals surface area contributed by atoms with E-state index in [2.05, 4.69) is 46.1 Å². The van der Waals surface area contributed by atoms with Crippen molar-refractivity contribution in [2.45, 2.75) is 75.5 Å². The first kappa shape index (κ1) is 30.0. The minimum absolute atomic E-state index is 0.0368. The molecule has 7 rings (SSSR count). The molecule has 10 heteroatoms. The lowest BCUT2D eigenvalue weighted by Crippen LogP contribution is -2.47. The Balaban J connectivity index is 1.33. The van der Waals surface area contributed by atoms with Crippen molar-refractivity contribution in [2.24, 2.45) is 0 Å². The van der Waals surface area contributed by atoms with Crippen molar-refractivity contribution in [1.82, 2.24) is 24.8 Å². The van der Waals surface area contributed by atoms with Gasteiger partial charge in [-0.05, 0) is 81.2 Å². The summed E-state index contributed by atoms with van der Waals surface area (Å²) in [4.78, 5) is 18.4. The number of halogens is 2. The van der Waals surface area contributed by atoms with Crippen LogP contribution in [0.5, 0.6) is 11.8 Å². The quantitative estimate of drug-likeness (QED) is 0.221. The van der Waals surface area contributed by atoms with Crippen LogP contribution >= 0.6 is 0 Å². The molecular weight excluding hydrogens is 574 g/mol. The molecule has 2 atom stereocenters. The van der Waals surface area contributed by atoms with E-state index >= 15 is 4.39 Å². The van der Waals surface area contributed by atoms with Crippen molar-refractivity contribution in [3.8, 4) is 23.0 Å².